The third-order valence-corrected chi connectivity index (χ3v) is 2.75. The summed E-state index contributed by atoms with van der Waals surface area (Å²) in [6.07, 6.45) is 3.57. The predicted molar refractivity (Wildman–Crippen MR) is 68.5 cm³/mol. The van der Waals surface area contributed by atoms with Gasteiger partial charge in [0.15, 0.2) is 0 Å². The Morgan fingerprint density at radius 3 is 2.11 bits per heavy atom. The van der Waals surface area contributed by atoms with Crippen LogP contribution < -0.4 is 0 Å². The summed E-state index contributed by atoms with van der Waals surface area (Å²) in [6, 6.07) is 0. The van der Waals surface area contributed by atoms with Gasteiger partial charge in [-0.15, -0.1) is 11.8 Å². The number of esters is 1. The van der Waals surface area contributed by atoms with Crippen LogP contribution in [0.15, 0.2) is 12.7 Å². The number of carbonyl (C=O) groups excluding carboxylic acids is 1. The molecule has 2 atom stereocenters. The number of rotatable bonds is 6. The quantitative estimate of drug-likeness (QED) is 0.316. The zero-order chi connectivity index (χ0) is 13.7. The van der Waals surface area contributed by atoms with Crippen LogP contribution in [-0.4, -0.2) is 24.2 Å². The lowest BCUT2D eigenvalue weighted by molar-refractivity contribution is -0.366. The number of ether oxygens (including phenoxy) is 3. The second kappa shape index (κ2) is 5.93. The van der Waals surface area contributed by atoms with Gasteiger partial charge >= 0.3 is 11.9 Å². The normalized spacial score (nSPS) is 26.6. The summed E-state index contributed by atoms with van der Waals surface area (Å²) in [6.45, 7) is 4.93. The lowest BCUT2D eigenvalue weighted by Crippen LogP contribution is -2.42. The molecule has 2 rings (SSSR count). The molecule has 19 heavy (non-hydrogen) atoms. The van der Waals surface area contributed by atoms with E-state index in [2.05, 4.69) is 30.3 Å². The van der Waals surface area contributed by atoms with Gasteiger partial charge < -0.3 is 14.2 Å². The highest BCUT2D eigenvalue weighted by Gasteiger charge is 2.37. The van der Waals surface area contributed by atoms with Crippen molar-refractivity contribution in [2.75, 3.05) is 0 Å². The summed E-state index contributed by atoms with van der Waals surface area (Å²) in [5, 5.41) is 0. The molecule has 4 heteroatoms. The molecule has 2 unspecified atom stereocenters. The van der Waals surface area contributed by atoms with E-state index in [1.807, 2.05) is 0 Å². The molecule has 0 fully saturated rings. The summed E-state index contributed by atoms with van der Waals surface area (Å²) in [4.78, 5) is 11.4. The first kappa shape index (κ1) is 13.7. The van der Waals surface area contributed by atoms with Crippen LogP contribution in [0.25, 0.3) is 0 Å². The van der Waals surface area contributed by atoms with Gasteiger partial charge in [0, 0.05) is 25.8 Å². The molecular weight excluding hydrogens is 244 g/mol. The Labute approximate surface area is 113 Å². The number of hydrogen-bond donors (Lipinski definition) is 0. The summed E-state index contributed by atoms with van der Waals surface area (Å²) in [5.41, 5.74) is 0. The Bertz CT molecular complexity index is 454. The van der Waals surface area contributed by atoms with Gasteiger partial charge in [-0.1, -0.05) is 18.4 Å². The fourth-order valence-electron chi connectivity index (χ4n) is 1.92. The topological polar surface area (TPSA) is 44.8 Å². The molecule has 0 saturated heterocycles. The third-order valence-electron chi connectivity index (χ3n) is 2.75. The lowest BCUT2D eigenvalue weighted by atomic mass is 10.3. The molecule has 0 aromatic heterocycles. The highest BCUT2D eigenvalue weighted by atomic mass is 16.9. The Hall–Kier alpha value is -1.75. The van der Waals surface area contributed by atoms with Crippen LogP contribution in [0.3, 0.4) is 0 Å². The van der Waals surface area contributed by atoms with Crippen molar-refractivity contribution in [3.63, 3.8) is 0 Å². The maximum atomic E-state index is 11.4. The van der Waals surface area contributed by atoms with E-state index in [1.54, 1.807) is 6.92 Å². The molecule has 0 N–H and O–H groups in total. The Morgan fingerprint density at radius 2 is 1.74 bits per heavy atom. The third kappa shape index (κ3) is 3.86. The zero-order valence-electron chi connectivity index (χ0n) is 10.9. The minimum Gasteiger partial charge on any atom is -0.405 e. The average molecular weight is 260 g/mol. The van der Waals surface area contributed by atoms with Crippen LogP contribution in [0.1, 0.15) is 32.6 Å². The number of hydrogen-bond acceptors (Lipinski definition) is 4. The molecule has 0 amide bonds. The highest BCUT2D eigenvalue weighted by Crippen LogP contribution is 2.25. The molecule has 0 aliphatic heterocycles. The fraction of sp³-hybridized carbons (Fsp3) is 0.533. The summed E-state index contributed by atoms with van der Waals surface area (Å²) >= 11 is 0. The predicted octanol–water partition coefficient (Wildman–Crippen LogP) is 1.75. The van der Waals surface area contributed by atoms with Crippen molar-refractivity contribution >= 4 is 5.97 Å². The van der Waals surface area contributed by atoms with E-state index in [9.17, 15) is 4.79 Å². The van der Waals surface area contributed by atoms with E-state index in [1.165, 1.54) is 0 Å². The molecule has 0 heterocycles. The van der Waals surface area contributed by atoms with Crippen LogP contribution in [0.2, 0.25) is 0 Å². The maximum absolute atomic E-state index is 11.4. The van der Waals surface area contributed by atoms with Gasteiger partial charge in [0.1, 0.15) is 12.2 Å². The van der Waals surface area contributed by atoms with Crippen molar-refractivity contribution in [2.45, 2.75) is 50.8 Å². The smallest absolute Gasteiger partial charge is 0.334 e. The Balaban J connectivity index is 2.02. The van der Waals surface area contributed by atoms with E-state index in [0.717, 1.165) is 31.8 Å². The molecule has 0 saturated carbocycles. The second-order valence-electron chi connectivity index (χ2n) is 4.42. The monoisotopic (exact) mass is 260 g/mol. The first-order valence-corrected chi connectivity index (χ1v) is 6.29. The van der Waals surface area contributed by atoms with Gasteiger partial charge in [0.25, 0.3) is 0 Å². The van der Waals surface area contributed by atoms with E-state index in [4.69, 9.17) is 14.2 Å². The van der Waals surface area contributed by atoms with Crippen molar-refractivity contribution in [3.05, 3.63) is 12.7 Å². The average Bonchev–Trinajstić information content (AvgIpc) is 3.02. The van der Waals surface area contributed by atoms with Gasteiger partial charge in [-0.2, -0.15) is 0 Å². The molecule has 2 aliphatic rings. The SMILES string of the molecule is C=CC(=O)OC(C)(OC1C#CCC1)OC1C#CCC1. The Kier molecular flexibility index (Phi) is 4.27. The van der Waals surface area contributed by atoms with Crippen LogP contribution in [0.4, 0.5) is 0 Å². The summed E-state index contributed by atoms with van der Waals surface area (Å²) in [5.74, 6) is 9.65. The molecule has 0 aromatic rings. The van der Waals surface area contributed by atoms with Gasteiger partial charge in [-0.3, -0.25) is 0 Å². The fourth-order valence-corrected chi connectivity index (χ4v) is 1.92. The molecule has 2 aliphatic carbocycles. The van der Waals surface area contributed by atoms with Gasteiger partial charge in [-0.05, 0) is 12.8 Å². The van der Waals surface area contributed by atoms with Gasteiger partial charge in [0.05, 0.1) is 0 Å². The largest absolute Gasteiger partial charge is 0.405 e. The molecule has 0 aromatic carbocycles. The van der Waals surface area contributed by atoms with Crippen molar-refractivity contribution in [1.82, 2.24) is 0 Å². The van der Waals surface area contributed by atoms with E-state index in [0.29, 0.717) is 0 Å². The van der Waals surface area contributed by atoms with Gasteiger partial charge in [0.2, 0.25) is 0 Å². The molecule has 0 radical (unpaired) electrons. The maximum Gasteiger partial charge on any atom is 0.334 e. The highest BCUT2D eigenvalue weighted by molar-refractivity contribution is 5.81. The van der Waals surface area contributed by atoms with Crippen molar-refractivity contribution in [2.24, 2.45) is 0 Å². The first-order chi connectivity index (χ1) is 9.11. The van der Waals surface area contributed by atoms with Gasteiger partial charge in [-0.25, -0.2) is 4.79 Å². The van der Waals surface area contributed by atoms with E-state index in [-0.39, 0.29) is 12.2 Å². The van der Waals surface area contributed by atoms with Crippen molar-refractivity contribution in [3.8, 4) is 23.7 Å². The minimum absolute atomic E-state index is 0.281. The molecule has 0 bridgehead atoms. The minimum atomic E-state index is -1.47. The standard InChI is InChI=1S/C15H16O4/c1-3-14(16)19-15(2,17-12-8-4-5-9-12)18-13-10-6-7-11-13/h3,12-13H,1,4,6,8,10H2,2H3. The van der Waals surface area contributed by atoms with Crippen LogP contribution in [0.5, 0.6) is 0 Å². The molecule has 0 spiro atoms. The molecular formula is C15H16O4. The van der Waals surface area contributed by atoms with Crippen LogP contribution in [0, 0.1) is 23.7 Å². The van der Waals surface area contributed by atoms with Crippen molar-refractivity contribution < 1.29 is 19.0 Å². The lowest BCUT2D eigenvalue weighted by Gasteiger charge is -2.31. The number of carbonyl (C=O) groups is 1. The zero-order valence-corrected chi connectivity index (χ0v) is 10.9. The summed E-state index contributed by atoms with van der Waals surface area (Å²) < 4.78 is 16.5. The van der Waals surface area contributed by atoms with Crippen LogP contribution >= 0.6 is 0 Å². The first-order valence-electron chi connectivity index (χ1n) is 6.29. The molecule has 100 valence electrons. The summed E-state index contributed by atoms with van der Waals surface area (Å²) in [7, 11) is 0. The van der Waals surface area contributed by atoms with Crippen LogP contribution in [-0.2, 0) is 19.0 Å². The van der Waals surface area contributed by atoms with E-state index >= 15 is 0 Å². The van der Waals surface area contributed by atoms with E-state index < -0.39 is 11.9 Å². The Morgan fingerprint density at radius 1 is 1.21 bits per heavy atom. The molecule has 4 nitrogen and oxygen atoms in total. The second-order valence-corrected chi connectivity index (χ2v) is 4.42. The van der Waals surface area contributed by atoms with Crippen molar-refractivity contribution in [1.29, 1.82) is 0 Å².